The number of para-hydroxylation sites is 1. The summed E-state index contributed by atoms with van der Waals surface area (Å²) in [5.41, 5.74) is 4.48. The molecule has 3 aromatic heterocycles. The Balaban J connectivity index is 1.82. The molecule has 1 unspecified atom stereocenters. The Morgan fingerprint density at radius 2 is 1.74 bits per heavy atom. The van der Waals surface area contributed by atoms with Crippen molar-refractivity contribution in [2.24, 2.45) is 0 Å². The molecule has 0 radical (unpaired) electrons. The van der Waals surface area contributed by atoms with E-state index in [0.717, 1.165) is 16.8 Å². The van der Waals surface area contributed by atoms with Crippen LogP contribution in [0.2, 0.25) is 0 Å². The van der Waals surface area contributed by atoms with Gasteiger partial charge in [0.05, 0.1) is 11.7 Å². The van der Waals surface area contributed by atoms with Crippen LogP contribution in [0.1, 0.15) is 17.2 Å². The minimum Gasteiger partial charge on any atom is -0.373 e. The number of aromatic amines is 1. The van der Waals surface area contributed by atoms with Gasteiger partial charge in [-0.15, -0.1) is 0 Å². The molecule has 0 aliphatic rings. The Hall–Kier alpha value is -3.14. The molecule has 4 rings (SSSR count). The van der Waals surface area contributed by atoms with Crippen LogP contribution in [0.4, 0.5) is 5.69 Å². The molecule has 0 saturated carbocycles. The summed E-state index contributed by atoms with van der Waals surface area (Å²) in [6, 6.07) is 16.4. The van der Waals surface area contributed by atoms with Crippen molar-refractivity contribution in [3.05, 3.63) is 90.6 Å². The minimum atomic E-state index is 0.0262. The molecule has 0 spiro atoms. The lowest BCUT2D eigenvalue weighted by Crippen LogP contribution is -2.12. The SMILES string of the molecule is c1cncc(NC(c2ccncc2)c2c[nH]c3ccccc23)c1. The molecule has 0 saturated heterocycles. The number of fused-ring (bicyclic) bond motifs is 1. The molecule has 0 amide bonds. The average Bonchev–Trinajstić information content (AvgIpc) is 3.05. The molecule has 3 heterocycles. The molecule has 0 aliphatic heterocycles. The van der Waals surface area contributed by atoms with Gasteiger partial charge in [0.15, 0.2) is 0 Å². The lowest BCUT2D eigenvalue weighted by atomic mass is 9.99. The van der Waals surface area contributed by atoms with Gasteiger partial charge in [0, 0.05) is 47.5 Å². The first-order valence-electron chi connectivity index (χ1n) is 7.54. The molecule has 23 heavy (non-hydrogen) atoms. The van der Waals surface area contributed by atoms with Gasteiger partial charge in [-0.25, -0.2) is 0 Å². The zero-order valence-corrected chi connectivity index (χ0v) is 12.5. The van der Waals surface area contributed by atoms with Gasteiger partial charge < -0.3 is 10.3 Å². The number of aromatic nitrogens is 3. The lowest BCUT2D eigenvalue weighted by molar-refractivity contribution is 0.940. The molecular formula is C19H16N4. The number of hydrogen-bond donors (Lipinski definition) is 2. The summed E-state index contributed by atoms with van der Waals surface area (Å²) >= 11 is 0. The first-order valence-corrected chi connectivity index (χ1v) is 7.54. The number of anilines is 1. The summed E-state index contributed by atoms with van der Waals surface area (Å²) in [4.78, 5) is 11.7. The van der Waals surface area contributed by atoms with Gasteiger partial charge in [0.1, 0.15) is 0 Å². The van der Waals surface area contributed by atoms with Crippen LogP contribution in [0.15, 0.2) is 79.5 Å². The van der Waals surface area contributed by atoms with Gasteiger partial charge >= 0.3 is 0 Å². The highest BCUT2D eigenvalue weighted by molar-refractivity contribution is 5.84. The number of rotatable bonds is 4. The van der Waals surface area contributed by atoms with Gasteiger partial charge in [0.25, 0.3) is 0 Å². The average molecular weight is 300 g/mol. The molecule has 112 valence electrons. The minimum absolute atomic E-state index is 0.0262. The topological polar surface area (TPSA) is 53.6 Å². The van der Waals surface area contributed by atoms with E-state index in [9.17, 15) is 0 Å². The highest BCUT2D eigenvalue weighted by atomic mass is 14.9. The predicted molar refractivity (Wildman–Crippen MR) is 92.2 cm³/mol. The summed E-state index contributed by atoms with van der Waals surface area (Å²) in [7, 11) is 0. The molecule has 2 N–H and O–H groups in total. The Kier molecular flexibility index (Phi) is 3.48. The van der Waals surface area contributed by atoms with Crippen molar-refractivity contribution in [3.8, 4) is 0 Å². The number of pyridine rings is 2. The quantitative estimate of drug-likeness (QED) is 0.595. The second kappa shape index (κ2) is 5.93. The normalized spacial score (nSPS) is 12.2. The summed E-state index contributed by atoms with van der Waals surface area (Å²) in [6.07, 6.45) is 9.32. The van der Waals surface area contributed by atoms with Crippen LogP contribution in [0.25, 0.3) is 10.9 Å². The summed E-state index contributed by atoms with van der Waals surface area (Å²) < 4.78 is 0. The molecule has 4 aromatic rings. The van der Waals surface area contributed by atoms with Crippen molar-refractivity contribution in [1.29, 1.82) is 0 Å². The number of H-pyrrole nitrogens is 1. The third kappa shape index (κ3) is 2.66. The number of benzene rings is 1. The van der Waals surface area contributed by atoms with Crippen molar-refractivity contribution < 1.29 is 0 Å². The summed E-state index contributed by atoms with van der Waals surface area (Å²) in [5, 5.41) is 4.79. The predicted octanol–water partition coefficient (Wildman–Crippen LogP) is 4.16. The molecule has 1 aromatic carbocycles. The maximum absolute atomic E-state index is 4.19. The van der Waals surface area contributed by atoms with Crippen LogP contribution in [0.5, 0.6) is 0 Å². The van der Waals surface area contributed by atoms with Crippen LogP contribution >= 0.6 is 0 Å². The van der Waals surface area contributed by atoms with E-state index in [-0.39, 0.29) is 6.04 Å². The zero-order valence-electron chi connectivity index (χ0n) is 12.5. The fourth-order valence-electron chi connectivity index (χ4n) is 2.84. The monoisotopic (exact) mass is 300 g/mol. The second-order valence-corrected chi connectivity index (χ2v) is 5.39. The first-order chi connectivity index (χ1) is 11.4. The highest BCUT2D eigenvalue weighted by Crippen LogP contribution is 2.31. The Morgan fingerprint density at radius 1 is 0.870 bits per heavy atom. The third-order valence-corrected chi connectivity index (χ3v) is 3.94. The number of nitrogens with one attached hydrogen (secondary N) is 2. The first kappa shape index (κ1) is 13.5. The molecular weight excluding hydrogens is 284 g/mol. The van der Waals surface area contributed by atoms with Crippen molar-refractivity contribution >= 4 is 16.6 Å². The number of hydrogen-bond acceptors (Lipinski definition) is 3. The maximum Gasteiger partial charge on any atom is 0.0789 e. The zero-order chi connectivity index (χ0) is 15.5. The Labute approximate surface area is 134 Å². The van der Waals surface area contributed by atoms with E-state index in [1.165, 1.54) is 10.9 Å². The third-order valence-electron chi connectivity index (χ3n) is 3.94. The van der Waals surface area contributed by atoms with E-state index in [4.69, 9.17) is 0 Å². The Morgan fingerprint density at radius 3 is 2.57 bits per heavy atom. The van der Waals surface area contributed by atoms with Gasteiger partial charge in [-0.2, -0.15) is 0 Å². The Bertz CT molecular complexity index is 900. The molecule has 1 atom stereocenters. The number of nitrogens with zero attached hydrogens (tertiary/aromatic N) is 2. The highest BCUT2D eigenvalue weighted by Gasteiger charge is 2.17. The van der Waals surface area contributed by atoms with E-state index >= 15 is 0 Å². The fraction of sp³-hybridized carbons (Fsp3) is 0.0526. The van der Waals surface area contributed by atoms with E-state index in [1.54, 1.807) is 6.20 Å². The van der Waals surface area contributed by atoms with Crippen molar-refractivity contribution in [2.75, 3.05) is 5.32 Å². The van der Waals surface area contributed by atoms with Crippen molar-refractivity contribution in [1.82, 2.24) is 15.0 Å². The van der Waals surface area contributed by atoms with Crippen LogP contribution < -0.4 is 5.32 Å². The standard InChI is InChI=1S/C19H16N4/c1-2-6-18-16(5-1)17(13-22-18)19(14-7-10-20-11-8-14)23-15-4-3-9-21-12-15/h1-13,19,22-23H. The molecule has 0 aliphatic carbocycles. The van der Waals surface area contributed by atoms with Crippen LogP contribution in [-0.4, -0.2) is 15.0 Å². The summed E-state index contributed by atoms with van der Waals surface area (Å²) in [5.74, 6) is 0. The van der Waals surface area contributed by atoms with Crippen LogP contribution in [-0.2, 0) is 0 Å². The summed E-state index contributed by atoms with van der Waals surface area (Å²) in [6.45, 7) is 0. The van der Waals surface area contributed by atoms with Gasteiger partial charge in [0.2, 0.25) is 0 Å². The maximum atomic E-state index is 4.19. The molecule has 4 nitrogen and oxygen atoms in total. The second-order valence-electron chi connectivity index (χ2n) is 5.39. The molecule has 0 fully saturated rings. The van der Waals surface area contributed by atoms with Crippen LogP contribution in [0.3, 0.4) is 0 Å². The molecule has 0 bridgehead atoms. The van der Waals surface area contributed by atoms with Crippen LogP contribution in [0, 0.1) is 0 Å². The fourth-order valence-corrected chi connectivity index (χ4v) is 2.84. The van der Waals surface area contributed by atoms with Gasteiger partial charge in [-0.1, -0.05) is 18.2 Å². The van der Waals surface area contributed by atoms with Crippen molar-refractivity contribution in [2.45, 2.75) is 6.04 Å². The van der Waals surface area contributed by atoms with E-state index in [1.807, 2.05) is 48.9 Å². The van der Waals surface area contributed by atoms with Crippen molar-refractivity contribution in [3.63, 3.8) is 0 Å². The molecule has 4 heteroatoms. The van der Waals surface area contributed by atoms with E-state index < -0.39 is 0 Å². The smallest absolute Gasteiger partial charge is 0.0789 e. The van der Waals surface area contributed by atoms with Gasteiger partial charge in [-0.05, 0) is 35.9 Å². The van der Waals surface area contributed by atoms with Gasteiger partial charge in [-0.3, -0.25) is 9.97 Å². The lowest BCUT2D eigenvalue weighted by Gasteiger charge is -2.20. The largest absolute Gasteiger partial charge is 0.373 e. The van der Waals surface area contributed by atoms with E-state index in [0.29, 0.717) is 0 Å². The van der Waals surface area contributed by atoms with E-state index in [2.05, 4.69) is 44.7 Å².